The van der Waals surface area contributed by atoms with Gasteiger partial charge in [0.15, 0.2) is 0 Å². The zero-order valence-electron chi connectivity index (χ0n) is 9.69. The lowest BCUT2D eigenvalue weighted by Crippen LogP contribution is -2.40. The van der Waals surface area contributed by atoms with Gasteiger partial charge in [0.2, 0.25) is 0 Å². The number of rotatable bonds is 3. The minimum Gasteiger partial charge on any atom is -0.312 e. The normalized spacial score (nSPS) is 30.5. The molecule has 0 saturated carbocycles. The molecule has 3 rings (SSSR count). The molecule has 0 bridgehead atoms. The third-order valence-electron chi connectivity index (χ3n) is 3.97. The van der Waals surface area contributed by atoms with Gasteiger partial charge in [-0.05, 0) is 54.1 Å². The van der Waals surface area contributed by atoms with Crippen LogP contribution in [0.1, 0.15) is 18.4 Å². The molecule has 1 N–H and O–H groups in total. The first kappa shape index (κ1) is 10.8. The Morgan fingerprint density at radius 3 is 3.25 bits per heavy atom. The van der Waals surface area contributed by atoms with E-state index in [1.807, 2.05) is 11.3 Å². The number of piperidine rings is 1. The molecular weight excluding hydrogens is 216 g/mol. The molecule has 88 valence electrons. The molecule has 1 aromatic rings. The van der Waals surface area contributed by atoms with E-state index in [9.17, 15) is 0 Å². The topological polar surface area (TPSA) is 15.3 Å². The Morgan fingerprint density at radius 2 is 2.44 bits per heavy atom. The summed E-state index contributed by atoms with van der Waals surface area (Å²) in [6, 6.07) is 3.04. The first-order chi connectivity index (χ1) is 7.92. The molecule has 0 unspecified atom stereocenters. The second-order valence-electron chi connectivity index (χ2n) is 5.10. The van der Waals surface area contributed by atoms with Gasteiger partial charge in [-0.15, -0.1) is 0 Å². The second kappa shape index (κ2) is 4.86. The predicted molar refractivity (Wildman–Crippen MR) is 69.0 cm³/mol. The smallest absolute Gasteiger partial charge is 0.0235 e. The van der Waals surface area contributed by atoms with E-state index in [1.165, 1.54) is 51.0 Å². The average molecular weight is 236 g/mol. The van der Waals surface area contributed by atoms with Gasteiger partial charge in [0.1, 0.15) is 0 Å². The van der Waals surface area contributed by atoms with E-state index in [0.29, 0.717) is 0 Å². The molecule has 2 nitrogen and oxygen atoms in total. The fraction of sp³-hybridized carbons (Fsp3) is 0.692. The Balaban J connectivity index is 1.50. The van der Waals surface area contributed by atoms with Crippen molar-refractivity contribution in [1.29, 1.82) is 0 Å². The van der Waals surface area contributed by atoms with Crippen LogP contribution in [0.25, 0.3) is 0 Å². The van der Waals surface area contributed by atoms with Crippen LogP contribution in [0.15, 0.2) is 16.8 Å². The van der Waals surface area contributed by atoms with Gasteiger partial charge in [0, 0.05) is 25.7 Å². The van der Waals surface area contributed by atoms with Crippen LogP contribution in [0.2, 0.25) is 0 Å². The van der Waals surface area contributed by atoms with Gasteiger partial charge in [0.05, 0.1) is 0 Å². The van der Waals surface area contributed by atoms with Crippen molar-refractivity contribution in [2.45, 2.75) is 25.3 Å². The third-order valence-corrected chi connectivity index (χ3v) is 4.70. The summed E-state index contributed by atoms with van der Waals surface area (Å²) in [7, 11) is 0. The Labute approximate surface area is 102 Å². The number of hydrogen-bond donors (Lipinski definition) is 1. The van der Waals surface area contributed by atoms with Crippen LogP contribution >= 0.6 is 11.3 Å². The van der Waals surface area contributed by atoms with Crippen molar-refractivity contribution in [1.82, 2.24) is 10.2 Å². The average Bonchev–Trinajstić information content (AvgIpc) is 2.95. The van der Waals surface area contributed by atoms with Gasteiger partial charge in [-0.3, -0.25) is 0 Å². The molecule has 2 aliphatic rings. The lowest BCUT2D eigenvalue weighted by molar-refractivity contribution is 0.322. The molecule has 3 heteroatoms. The molecule has 16 heavy (non-hydrogen) atoms. The van der Waals surface area contributed by atoms with Crippen molar-refractivity contribution in [3.05, 3.63) is 22.4 Å². The van der Waals surface area contributed by atoms with Gasteiger partial charge in [0.25, 0.3) is 0 Å². The summed E-state index contributed by atoms with van der Waals surface area (Å²) in [6.07, 6.45) is 4.04. The van der Waals surface area contributed by atoms with Gasteiger partial charge in [-0.2, -0.15) is 11.3 Å². The highest BCUT2D eigenvalue weighted by atomic mass is 32.1. The highest BCUT2D eigenvalue weighted by Gasteiger charge is 2.33. The maximum atomic E-state index is 3.66. The maximum absolute atomic E-state index is 3.66. The lowest BCUT2D eigenvalue weighted by atomic mass is 9.94. The molecule has 2 aliphatic heterocycles. The summed E-state index contributed by atoms with van der Waals surface area (Å²) < 4.78 is 0. The summed E-state index contributed by atoms with van der Waals surface area (Å²) >= 11 is 1.81. The first-order valence-corrected chi connectivity index (χ1v) is 7.33. The molecular formula is C13H20N2S. The van der Waals surface area contributed by atoms with Crippen LogP contribution in [0.5, 0.6) is 0 Å². The first-order valence-electron chi connectivity index (χ1n) is 6.38. The molecule has 0 aliphatic carbocycles. The SMILES string of the molecule is c1cc(CCN2C[C@@H]3CCCN[C@@H]3C2)cs1. The van der Waals surface area contributed by atoms with Crippen molar-refractivity contribution in [2.24, 2.45) is 5.92 Å². The van der Waals surface area contributed by atoms with Crippen molar-refractivity contribution < 1.29 is 0 Å². The zero-order valence-corrected chi connectivity index (χ0v) is 10.5. The van der Waals surface area contributed by atoms with E-state index < -0.39 is 0 Å². The summed E-state index contributed by atoms with van der Waals surface area (Å²) in [5.41, 5.74) is 1.51. The van der Waals surface area contributed by atoms with Gasteiger partial charge >= 0.3 is 0 Å². The van der Waals surface area contributed by atoms with Crippen LogP contribution in [0.3, 0.4) is 0 Å². The summed E-state index contributed by atoms with van der Waals surface area (Å²) in [5.74, 6) is 0.927. The Hall–Kier alpha value is -0.380. The van der Waals surface area contributed by atoms with Crippen LogP contribution in [-0.2, 0) is 6.42 Å². The van der Waals surface area contributed by atoms with Crippen molar-refractivity contribution in [2.75, 3.05) is 26.2 Å². The van der Waals surface area contributed by atoms with E-state index in [4.69, 9.17) is 0 Å². The summed E-state index contributed by atoms with van der Waals surface area (Å²) in [4.78, 5) is 2.64. The van der Waals surface area contributed by atoms with Crippen molar-refractivity contribution >= 4 is 11.3 Å². The van der Waals surface area contributed by atoms with Crippen molar-refractivity contribution in [3.63, 3.8) is 0 Å². The van der Waals surface area contributed by atoms with Crippen LogP contribution in [-0.4, -0.2) is 37.1 Å². The molecule has 0 radical (unpaired) electrons. The van der Waals surface area contributed by atoms with Gasteiger partial charge in [-0.1, -0.05) is 0 Å². The summed E-state index contributed by atoms with van der Waals surface area (Å²) in [5, 5.41) is 8.12. The highest BCUT2D eigenvalue weighted by molar-refractivity contribution is 7.07. The third kappa shape index (κ3) is 2.31. The quantitative estimate of drug-likeness (QED) is 0.863. The Kier molecular flexibility index (Phi) is 3.27. The predicted octanol–water partition coefficient (Wildman–Crippen LogP) is 1.97. The largest absolute Gasteiger partial charge is 0.312 e. The lowest BCUT2D eigenvalue weighted by Gasteiger charge is -2.24. The van der Waals surface area contributed by atoms with Crippen LogP contribution in [0.4, 0.5) is 0 Å². The van der Waals surface area contributed by atoms with E-state index >= 15 is 0 Å². The molecule has 2 atom stereocenters. The highest BCUT2D eigenvalue weighted by Crippen LogP contribution is 2.24. The number of fused-ring (bicyclic) bond motifs is 1. The maximum Gasteiger partial charge on any atom is 0.0235 e. The minimum absolute atomic E-state index is 0.788. The molecule has 0 amide bonds. The molecule has 2 fully saturated rings. The van der Waals surface area contributed by atoms with Gasteiger partial charge in [-0.25, -0.2) is 0 Å². The van der Waals surface area contributed by atoms with E-state index in [1.54, 1.807) is 0 Å². The molecule has 3 heterocycles. The Morgan fingerprint density at radius 1 is 1.44 bits per heavy atom. The van der Waals surface area contributed by atoms with E-state index in [0.717, 1.165) is 12.0 Å². The Bertz CT molecular complexity index is 309. The molecule has 0 aromatic carbocycles. The summed E-state index contributed by atoms with van der Waals surface area (Å²) in [6.45, 7) is 5.07. The van der Waals surface area contributed by atoms with Crippen LogP contribution < -0.4 is 5.32 Å². The molecule has 0 spiro atoms. The number of nitrogens with one attached hydrogen (secondary N) is 1. The standard InChI is InChI=1S/C13H20N2S/c1-2-12-8-15(9-13(12)14-5-1)6-3-11-4-7-16-10-11/h4,7,10,12-14H,1-3,5-6,8-9H2/t12-,13+/m0/s1. The fourth-order valence-electron chi connectivity index (χ4n) is 3.04. The fourth-order valence-corrected chi connectivity index (χ4v) is 3.74. The molecule has 1 aromatic heterocycles. The minimum atomic E-state index is 0.788. The zero-order chi connectivity index (χ0) is 10.8. The van der Waals surface area contributed by atoms with Crippen molar-refractivity contribution in [3.8, 4) is 0 Å². The number of hydrogen-bond acceptors (Lipinski definition) is 3. The number of likely N-dealkylation sites (tertiary alicyclic amines) is 1. The second-order valence-corrected chi connectivity index (χ2v) is 5.88. The van der Waals surface area contributed by atoms with E-state index in [2.05, 4.69) is 27.0 Å². The monoisotopic (exact) mass is 236 g/mol. The van der Waals surface area contributed by atoms with E-state index in [-0.39, 0.29) is 0 Å². The van der Waals surface area contributed by atoms with Crippen LogP contribution in [0, 0.1) is 5.92 Å². The van der Waals surface area contributed by atoms with Gasteiger partial charge < -0.3 is 10.2 Å². The number of nitrogens with zero attached hydrogens (tertiary/aromatic N) is 1. The number of thiophene rings is 1. The molecule has 2 saturated heterocycles.